The lowest BCUT2D eigenvalue weighted by Crippen LogP contribution is -2.32. The van der Waals surface area contributed by atoms with E-state index in [2.05, 4.69) is 4.98 Å². The van der Waals surface area contributed by atoms with E-state index in [1.165, 1.54) is 17.5 Å². The molecule has 1 unspecified atom stereocenters. The monoisotopic (exact) mass is 344 g/mol. The molecular formula is C18H20N2O3S. The summed E-state index contributed by atoms with van der Waals surface area (Å²) >= 11 is 1.21. The SMILES string of the molecule is CC.NC(=O)c1cc2c(C(O)(CO)c3ccccc3)cncc2s1. The van der Waals surface area contributed by atoms with E-state index in [1.54, 1.807) is 36.5 Å². The first kappa shape index (κ1) is 18.1. The highest BCUT2D eigenvalue weighted by Gasteiger charge is 2.33. The molecule has 126 valence electrons. The predicted octanol–water partition coefficient (Wildman–Crippen LogP) is 2.65. The highest BCUT2D eigenvalue weighted by Crippen LogP contribution is 2.36. The summed E-state index contributed by atoms with van der Waals surface area (Å²) in [6.07, 6.45) is 3.11. The number of hydrogen-bond acceptors (Lipinski definition) is 5. The molecule has 0 fully saturated rings. The number of thiophene rings is 1. The predicted molar refractivity (Wildman–Crippen MR) is 96.0 cm³/mol. The Bertz CT molecular complexity index is 833. The van der Waals surface area contributed by atoms with Gasteiger partial charge in [0.15, 0.2) is 0 Å². The van der Waals surface area contributed by atoms with Gasteiger partial charge in [0.2, 0.25) is 0 Å². The minimum absolute atomic E-state index is 0.387. The van der Waals surface area contributed by atoms with Crippen molar-refractivity contribution in [1.29, 1.82) is 0 Å². The molecule has 24 heavy (non-hydrogen) atoms. The van der Waals surface area contributed by atoms with Crippen LogP contribution in [0.15, 0.2) is 48.8 Å². The van der Waals surface area contributed by atoms with Gasteiger partial charge in [-0.1, -0.05) is 44.2 Å². The fraction of sp³-hybridized carbons (Fsp3) is 0.222. The second kappa shape index (κ2) is 7.53. The van der Waals surface area contributed by atoms with Crippen LogP contribution in [0.5, 0.6) is 0 Å². The Balaban J connectivity index is 0.00000100. The molecule has 2 aromatic heterocycles. The molecule has 6 heteroatoms. The Morgan fingerprint density at radius 3 is 2.50 bits per heavy atom. The van der Waals surface area contributed by atoms with Crippen LogP contribution in [0.1, 0.15) is 34.6 Å². The fourth-order valence-electron chi connectivity index (χ4n) is 2.46. The number of amides is 1. The largest absolute Gasteiger partial charge is 0.393 e. The second-order valence-corrected chi connectivity index (χ2v) is 6.04. The molecule has 1 atom stereocenters. The molecule has 4 N–H and O–H groups in total. The van der Waals surface area contributed by atoms with Gasteiger partial charge in [0.1, 0.15) is 5.60 Å². The lowest BCUT2D eigenvalue weighted by molar-refractivity contribution is 0.0182. The third-order valence-electron chi connectivity index (χ3n) is 3.61. The molecule has 0 aliphatic carbocycles. The number of primary amides is 1. The Morgan fingerprint density at radius 1 is 1.25 bits per heavy atom. The van der Waals surface area contributed by atoms with Crippen molar-refractivity contribution in [2.45, 2.75) is 19.4 Å². The number of aliphatic hydroxyl groups is 2. The lowest BCUT2D eigenvalue weighted by Gasteiger charge is -2.27. The van der Waals surface area contributed by atoms with Crippen LogP contribution in [-0.2, 0) is 5.60 Å². The first-order valence-electron chi connectivity index (χ1n) is 7.63. The Hall–Kier alpha value is -2.28. The van der Waals surface area contributed by atoms with Gasteiger partial charge in [0, 0.05) is 23.3 Å². The van der Waals surface area contributed by atoms with Gasteiger partial charge in [-0.05, 0) is 11.6 Å². The zero-order valence-electron chi connectivity index (χ0n) is 13.6. The van der Waals surface area contributed by atoms with Crippen molar-refractivity contribution in [2.24, 2.45) is 5.73 Å². The maximum atomic E-state index is 11.4. The van der Waals surface area contributed by atoms with Crippen molar-refractivity contribution in [2.75, 3.05) is 6.61 Å². The highest BCUT2D eigenvalue weighted by molar-refractivity contribution is 7.20. The van der Waals surface area contributed by atoms with E-state index in [-0.39, 0.29) is 0 Å². The average Bonchev–Trinajstić information content (AvgIpc) is 3.08. The van der Waals surface area contributed by atoms with Gasteiger partial charge in [-0.2, -0.15) is 0 Å². The zero-order valence-corrected chi connectivity index (χ0v) is 14.4. The van der Waals surface area contributed by atoms with E-state index in [0.717, 1.165) is 4.70 Å². The number of nitrogens with zero attached hydrogens (tertiary/aromatic N) is 1. The molecule has 5 nitrogen and oxygen atoms in total. The molecule has 0 bridgehead atoms. The molecular weight excluding hydrogens is 324 g/mol. The van der Waals surface area contributed by atoms with E-state index >= 15 is 0 Å². The standard InChI is InChI=1S/C16H14N2O3S.C2H6/c17-15(20)13-6-11-12(7-18-8-14(11)22-13)16(21,9-19)10-4-2-1-3-5-10;1-2/h1-8,19,21H,9H2,(H2,17,20);1-2H3. The van der Waals surface area contributed by atoms with Crippen molar-refractivity contribution in [3.05, 3.63) is 64.8 Å². The van der Waals surface area contributed by atoms with Crippen molar-refractivity contribution >= 4 is 27.3 Å². The number of carbonyl (C=O) groups is 1. The lowest BCUT2D eigenvalue weighted by atomic mass is 9.86. The second-order valence-electron chi connectivity index (χ2n) is 4.96. The average molecular weight is 344 g/mol. The third-order valence-corrected chi connectivity index (χ3v) is 4.70. The van der Waals surface area contributed by atoms with E-state index in [1.807, 2.05) is 19.9 Å². The number of aromatic nitrogens is 1. The zero-order chi connectivity index (χ0) is 17.7. The quantitative estimate of drug-likeness (QED) is 0.678. The van der Waals surface area contributed by atoms with Crippen LogP contribution in [0.4, 0.5) is 0 Å². The van der Waals surface area contributed by atoms with Crippen molar-refractivity contribution < 1.29 is 15.0 Å². The Labute approximate surface area is 144 Å². The van der Waals surface area contributed by atoms with Gasteiger partial charge in [-0.3, -0.25) is 9.78 Å². The number of hydrogen-bond donors (Lipinski definition) is 3. The first-order chi connectivity index (χ1) is 11.6. The summed E-state index contributed by atoms with van der Waals surface area (Å²) in [6, 6.07) is 10.5. The van der Waals surface area contributed by atoms with Gasteiger partial charge in [-0.15, -0.1) is 11.3 Å². The van der Waals surface area contributed by atoms with Crippen LogP contribution in [0.2, 0.25) is 0 Å². The van der Waals surface area contributed by atoms with Crippen molar-refractivity contribution in [3.63, 3.8) is 0 Å². The summed E-state index contributed by atoms with van der Waals surface area (Å²) in [6.45, 7) is 3.50. The smallest absolute Gasteiger partial charge is 0.258 e. The Morgan fingerprint density at radius 2 is 1.92 bits per heavy atom. The summed E-state index contributed by atoms with van der Waals surface area (Å²) in [7, 11) is 0. The number of fused-ring (bicyclic) bond motifs is 1. The molecule has 3 rings (SSSR count). The van der Waals surface area contributed by atoms with Crippen LogP contribution < -0.4 is 5.73 Å². The van der Waals surface area contributed by atoms with Gasteiger partial charge >= 0.3 is 0 Å². The minimum atomic E-state index is -1.59. The summed E-state index contributed by atoms with van der Waals surface area (Å²) in [5.41, 5.74) is 4.73. The van der Waals surface area contributed by atoms with Crippen molar-refractivity contribution in [1.82, 2.24) is 4.98 Å². The minimum Gasteiger partial charge on any atom is -0.393 e. The number of nitrogens with two attached hydrogens (primary N) is 1. The molecule has 3 aromatic rings. The van der Waals surface area contributed by atoms with E-state index in [0.29, 0.717) is 21.4 Å². The molecule has 0 spiro atoms. The number of aliphatic hydroxyl groups excluding tert-OH is 1. The summed E-state index contributed by atoms with van der Waals surface area (Å²) in [5.74, 6) is -0.528. The molecule has 0 radical (unpaired) electrons. The van der Waals surface area contributed by atoms with Crippen LogP contribution in [0.25, 0.3) is 10.1 Å². The van der Waals surface area contributed by atoms with Crippen LogP contribution in [-0.4, -0.2) is 27.7 Å². The van der Waals surface area contributed by atoms with Gasteiger partial charge in [0.05, 0.1) is 16.2 Å². The first-order valence-corrected chi connectivity index (χ1v) is 8.44. The van der Waals surface area contributed by atoms with E-state index < -0.39 is 18.1 Å². The van der Waals surface area contributed by atoms with Crippen LogP contribution in [0, 0.1) is 0 Å². The van der Waals surface area contributed by atoms with Gasteiger partial charge < -0.3 is 15.9 Å². The third kappa shape index (κ3) is 3.17. The maximum Gasteiger partial charge on any atom is 0.258 e. The molecule has 0 aliphatic rings. The number of benzene rings is 1. The summed E-state index contributed by atoms with van der Waals surface area (Å²) < 4.78 is 0.731. The van der Waals surface area contributed by atoms with E-state index in [9.17, 15) is 15.0 Å². The van der Waals surface area contributed by atoms with E-state index in [4.69, 9.17) is 5.73 Å². The number of rotatable bonds is 4. The molecule has 0 saturated carbocycles. The molecule has 1 aromatic carbocycles. The highest BCUT2D eigenvalue weighted by atomic mass is 32.1. The normalized spacial score (nSPS) is 13.0. The Kier molecular flexibility index (Phi) is 5.66. The molecule has 2 heterocycles. The van der Waals surface area contributed by atoms with Gasteiger partial charge in [-0.25, -0.2) is 0 Å². The number of pyridine rings is 1. The summed E-state index contributed by atoms with van der Waals surface area (Å²) in [4.78, 5) is 15.9. The fourth-order valence-corrected chi connectivity index (χ4v) is 3.36. The van der Waals surface area contributed by atoms with Crippen LogP contribution >= 0.6 is 11.3 Å². The molecule has 1 amide bonds. The van der Waals surface area contributed by atoms with Crippen molar-refractivity contribution in [3.8, 4) is 0 Å². The number of carbonyl (C=O) groups excluding carboxylic acids is 1. The summed E-state index contributed by atoms with van der Waals surface area (Å²) in [5, 5.41) is 21.5. The topological polar surface area (TPSA) is 96.4 Å². The van der Waals surface area contributed by atoms with Crippen LogP contribution in [0.3, 0.4) is 0 Å². The molecule has 0 aliphatic heterocycles. The van der Waals surface area contributed by atoms with Gasteiger partial charge in [0.25, 0.3) is 5.91 Å². The maximum absolute atomic E-state index is 11.4. The molecule has 0 saturated heterocycles.